The molecule has 166 valence electrons. The van der Waals surface area contributed by atoms with Crippen LogP contribution in [0.15, 0.2) is 71.4 Å². The molecule has 0 aliphatic carbocycles. The minimum Gasteiger partial charge on any atom is -0.415 e. The van der Waals surface area contributed by atoms with Crippen molar-refractivity contribution in [2.75, 3.05) is 0 Å². The van der Waals surface area contributed by atoms with E-state index in [0.717, 1.165) is 0 Å². The van der Waals surface area contributed by atoms with Crippen molar-refractivity contribution in [1.29, 1.82) is 0 Å². The average Bonchev–Trinajstić information content (AvgIpc) is 3.46. The van der Waals surface area contributed by atoms with E-state index in [9.17, 15) is 18.7 Å². The number of halogens is 2. The number of nitrogens with zero attached hydrogens (tertiary/aromatic N) is 5. The van der Waals surface area contributed by atoms with Gasteiger partial charge in [0.25, 0.3) is 11.8 Å². The lowest BCUT2D eigenvalue weighted by atomic mass is 10.0. The van der Waals surface area contributed by atoms with E-state index < -0.39 is 24.5 Å². The number of carbonyl (C=O) groups excluding carboxylic acids is 1. The van der Waals surface area contributed by atoms with Gasteiger partial charge in [-0.25, -0.2) is 0 Å². The Kier molecular flexibility index (Phi) is 5.35. The van der Waals surface area contributed by atoms with Crippen LogP contribution in [-0.4, -0.2) is 36.1 Å². The SMILES string of the molecule is O=C1c2cc(-c3nnc(C(F)F)o3)ccc2CN1C(c1ccccn1)C(O)c1ccccn1. The predicted molar refractivity (Wildman–Crippen MR) is 111 cm³/mol. The van der Waals surface area contributed by atoms with Gasteiger partial charge in [0.1, 0.15) is 12.1 Å². The molecule has 4 aromatic rings. The smallest absolute Gasteiger partial charge is 0.314 e. The molecular weight excluding hydrogens is 432 g/mol. The molecule has 0 radical (unpaired) electrons. The van der Waals surface area contributed by atoms with Crippen LogP contribution < -0.4 is 0 Å². The molecule has 3 aromatic heterocycles. The summed E-state index contributed by atoms with van der Waals surface area (Å²) >= 11 is 0. The van der Waals surface area contributed by atoms with Gasteiger partial charge < -0.3 is 14.4 Å². The first-order valence-electron chi connectivity index (χ1n) is 10.1. The molecule has 4 heterocycles. The predicted octanol–water partition coefficient (Wildman–Crippen LogP) is 3.89. The fraction of sp³-hybridized carbons (Fsp3) is 0.174. The second-order valence-corrected chi connectivity index (χ2v) is 7.45. The monoisotopic (exact) mass is 449 g/mol. The molecule has 1 amide bonds. The van der Waals surface area contributed by atoms with Crippen LogP contribution >= 0.6 is 0 Å². The number of rotatable bonds is 6. The number of hydrogen-bond acceptors (Lipinski definition) is 7. The quantitative estimate of drug-likeness (QED) is 0.476. The number of aromatic nitrogens is 4. The molecule has 0 bridgehead atoms. The third-order valence-electron chi connectivity index (χ3n) is 5.43. The second-order valence-electron chi connectivity index (χ2n) is 7.45. The fourth-order valence-electron chi connectivity index (χ4n) is 3.88. The molecule has 0 fully saturated rings. The summed E-state index contributed by atoms with van der Waals surface area (Å²) in [4.78, 5) is 23.5. The lowest BCUT2D eigenvalue weighted by molar-refractivity contribution is 0.0332. The van der Waals surface area contributed by atoms with Crippen molar-refractivity contribution in [3.05, 3.63) is 95.4 Å². The normalized spacial score (nSPS) is 15.0. The Labute approximate surface area is 186 Å². The molecule has 1 aliphatic rings. The van der Waals surface area contributed by atoms with Gasteiger partial charge in [-0.05, 0) is 42.0 Å². The number of carbonyl (C=O) groups is 1. The first kappa shape index (κ1) is 20.8. The molecule has 0 saturated carbocycles. The van der Waals surface area contributed by atoms with Gasteiger partial charge in [0.2, 0.25) is 5.89 Å². The first-order chi connectivity index (χ1) is 16.0. The van der Waals surface area contributed by atoms with Crippen molar-refractivity contribution < 1.29 is 23.1 Å². The van der Waals surface area contributed by atoms with E-state index in [-0.39, 0.29) is 18.3 Å². The highest BCUT2D eigenvalue weighted by Gasteiger charge is 2.39. The number of hydrogen-bond donors (Lipinski definition) is 1. The molecule has 33 heavy (non-hydrogen) atoms. The molecule has 2 unspecified atom stereocenters. The number of benzene rings is 1. The van der Waals surface area contributed by atoms with Crippen molar-refractivity contribution in [3.63, 3.8) is 0 Å². The van der Waals surface area contributed by atoms with Crippen molar-refractivity contribution in [2.45, 2.75) is 25.1 Å². The van der Waals surface area contributed by atoms with Crippen molar-refractivity contribution >= 4 is 5.91 Å². The minimum absolute atomic E-state index is 0.103. The Morgan fingerprint density at radius 2 is 1.70 bits per heavy atom. The summed E-state index contributed by atoms with van der Waals surface area (Å²) in [6.07, 6.45) is -0.845. The molecule has 1 aromatic carbocycles. The Balaban J connectivity index is 1.50. The zero-order chi connectivity index (χ0) is 22.9. The van der Waals surface area contributed by atoms with E-state index >= 15 is 0 Å². The van der Waals surface area contributed by atoms with E-state index in [2.05, 4.69) is 20.2 Å². The lowest BCUT2D eigenvalue weighted by Gasteiger charge is -2.31. The van der Waals surface area contributed by atoms with Crippen LogP contribution in [-0.2, 0) is 6.54 Å². The number of amides is 1. The molecule has 5 rings (SSSR count). The zero-order valence-electron chi connectivity index (χ0n) is 17.0. The highest BCUT2D eigenvalue weighted by molar-refractivity contribution is 5.99. The molecule has 0 saturated heterocycles. The third-order valence-corrected chi connectivity index (χ3v) is 5.43. The molecule has 2 atom stereocenters. The first-order valence-corrected chi connectivity index (χ1v) is 10.1. The fourth-order valence-corrected chi connectivity index (χ4v) is 3.88. The maximum atomic E-state index is 13.4. The van der Waals surface area contributed by atoms with Crippen molar-refractivity contribution in [2.24, 2.45) is 0 Å². The van der Waals surface area contributed by atoms with Crippen LogP contribution in [0, 0.1) is 0 Å². The molecule has 10 heteroatoms. The maximum absolute atomic E-state index is 13.4. The Morgan fingerprint density at radius 1 is 0.970 bits per heavy atom. The molecule has 8 nitrogen and oxygen atoms in total. The van der Waals surface area contributed by atoms with Crippen LogP contribution in [0.1, 0.15) is 51.8 Å². The van der Waals surface area contributed by atoms with Gasteiger partial charge in [-0.3, -0.25) is 14.8 Å². The minimum atomic E-state index is -2.88. The summed E-state index contributed by atoms with van der Waals surface area (Å²) in [5, 5.41) is 18.2. The van der Waals surface area contributed by atoms with Gasteiger partial charge in [-0.15, -0.1) is 10.2 Å². The summed E-state index contributed by atoms with van der Waals surface area (Å²) in [6, 6.07) is 14.5. The third kappa shape index (κ3) is 3.85. The van der Waals surface area contributed by atoms with Crippen LogP contribution in [0.25, 0.3) is 11.5 Å². The summed E-state index contributed by atoms with van der Waals surface area (Å²) < 4.78 is 30.6. The van der Waals surface area contributed by atoms with Crippen LogP contribution in [0.4, 0.5) is 8.78 Å². The van der Waals surface area contributed by atoms with E-state index in [1.165, 1.54) is 11.0 Å². The average molecular weight is 449 g/mol. The van der Waals surface area contributed by atoms with Crippen LogP contribution in [0.3, 0.4) is 0 Å². The number of aliphatic hydroxyl groups is 1. The van der Waals surface area contributed by atoms with E-state index in [4.69, 9.17) is 4.42 Å². The molecular formula is C23H17F2N5O3. The summed E-state index contributed by atoms with van der Waals surface area (Å²) in [5.74, 6) is -1.23. The molecule has 0 spiro atoms. The van der Waals surface area contributed by atoms with Crippen molar-refractivity contribution in [1.82, 2.24) is 25.1 Å². The summed E-state index contributed by atoms with van der Waals surface area (Å²) in [5.41, 5.74) is 2.34. The molecule has 1 aliphatic heterocycles. The lowest BCUT2D eigenvalue weighted by Crippen LogP contribution is -2.34. The maximum Gasteiger partial charge on any atom is 0.314 e. The van der Waals surface area contributed by atoms with Gasteiger partial charge in [-0.1, -0.05) is 18.2 Å². The number of fused-ring (bicyclic) bond motifs is 1. The van der Waals surface area contributed by atoms with E-state index in [0.29, 0.717) is 28.1 Å². The van der Waals surface area contributed by atoms with Gasteiger partial charge in [0.05, 0.1) is 11.4 Å². The number of aliphatic hydroxyl groups excluding tert-OH is 1. The zero-order valence-corrected chi connectivity index (χ0v) is 17.0. The van der Waals surface area contributed by atoms with Crippen LogP contribution in [0.2, 0.25) is 0 Å². The van der Waals surface area contributed by atoms with Crippen LogP contribution in [0.5, 0.6) is 0 Å². The standard InChI is InChI=1S/C23H17F2N5O3/c24-20(25)22-29-28-21(33-22)13-7-8-14-12-30(23(32)15(14)11-13)18(16-5-1-3-9-26-16)19(31)17-6-2-4-10-27-17/h1-11,18-20,31H,12H2. The van der Waals surface area contributed by atoms with Gasteiger partial charge in [0, 0.05) is 30.1 Å². The number of alkyl halides is 2. The number of pyridine rings is 2. The van der Waals surface area contributed by atoms with Crippen molar-refractivity contribution in [3.8, 4) is 11.5 Å². The largest absolute Gasteiger partial charge is 0.415 e. The van der Waals surface area contributed by atoms with Gasteiger partial charge in [0.15, 0.2) is 0 Å². The molecule has 1 N–H and O–H groups in total. The Hall–Kier alpha value is -4.05. The topological polar surface area (TPSA) is 105 Å². The highest BCUT2D eigenvalue weighted by atomic mass is 19.3. The van der Waals surface area contributed by atoms with E-state index in [1.807, 2.05) is 0 Å². The summed E-state index contributed by atoms with van der Waals surface area (Å²) in [7, 11) is 0. The summed E-state index contributed by atoms with van der Waals surface area (Å²) in [6.45, 7) is 0.228. The van der Waals surface area contributed by atoms with Gasteiger partial charge in [-0.2, -0.15) is 8.78 Å². The highest BCUT2D eigenvalue weighted by Crippen LogP contribution is 2.39. The van der Waals surface area contributed by atoms with Gasteiger partial charge >= 0.3 is 6.43 Å². The Morgan fingerprint density at radius 3 is 2.33 bits per heavy atom. The Bertz CT molecular complexity index is 1280. The second kappa shape index (κ2) is 8.47. The van der Waals surface area contributed by atoms with E-state index in [1.54, 1.807) is 60.9 Å².